The molecule has 1 fully saturated rings. The number of carbonyl (C=O) groups excluding carboxylic acids is 1. The van der Waals surface area contributed by atoms with E-state index in [2.05, 4.69) is 4.90 Å². The number of ether oxygens (including phenoxy) is 1. The summed E-state index contributed by atoms with van der Waals surface area (Å²) in [6.45, 7) is 2.52. The van der Waals surface area contributed by atoms with Crippen molar-refractivity contribution < 1.29 is 18.3 Å². The third-order valence-corrected chi connectivity index (χ3v) is 5.19. The van der Waals surface area contributed by atoms with E-state index in [1.165, 1.54) is 6.07 Å². The lowest BCUT2D eigenvalue weighted by molar-refractivity contribution is -0.132. The second kappa shape index (κ2) is 8.76. The molecule has 1 aliphatic heterocycles. The van der Waals surface area contributed by atoms with Crippen LogP contribution in [0.4, 0.5) is 14.5 Å². The lowest BCUT2D eigenvalue weighted by Gasteiger charge is -2.36. The fourth-order valence-corrected chi connectivity index (χ4v) is 3.33. The topological polar surface area (TPSA) is 32.8 Å². The quantitative estimate of drug-likeness (QED) is 0.727. The predicted molar refractivity (Wildman–Crippen MR) is 102 cm³/mol. The monoisotopic (exact) mass is 414 g/mol. The molecule has 0 aromatic heterocycles. The van der Waals surface area contributed by atoms with Gasteiger partial charge in [0, 0.05) is 32.2 Å². The Bertz CT molecular complexity index is 827. The van der Waals surface area contributed by atoms with Crippen LogP contribution in [0, 0.1) is 11.6 Å². The van der Waals surface area contributed by atoms with Gasteiger partial charge in [-0.1, -0.05) is 29.3 Å². The van der Waals surface area contributed by atoms with E-state index >= 15 is 0 Å². The number of anilines is 1. The highest BCUT2D eigenvalue weighted by molar-refractivity contribution is 6.43. The molecule has 0 N–H and O–H groups in total. The standard InChI is InChI=1S/C19H18Cl2F2N2O2/c20-14-2-1-3-17(19(14)21)24-7-9-25(10-8-24)18(26)6-11-27-13-4-5-15(22)16(23)12-13/h1-5,12H,6-11H2. The average Bonchev–Trinajstić information content (AvgIpc) is 2.67. The van der Waals surface area contributed by atoms with E-state index in [1.54, 1.807) is 11.0 Å². The number of amides is 1. The molecule has 0 radical (unpaired) electrons. The molecule has 3 rings (SSSR count). The minimum atomic E-state index is -0.977. The number of benzene rings is 2. The van der Waals surface area contributed by atoms with Crippen LogP contribution in [0.2, 0.25) is 10.0 Å². The van der Waals surface area contributed by atoms with Gasteiger partial charge in [0.05, 0.1) is 28.8 Å². The molecule has 0 aliphatic carbocycles. The van der Waals surface area contributed by atoms with Gasteiger partial charge >= 0.3 is 0 Å². The van der Waals surface area contributed by atoms with Gasteiger partial charge in [-0.2, -0.15) is 0 Å². The normalized spacial score (nSPS) is 14.4. The second-order valence-electron chi connectivity index (χ2n) is 6.12. The maximum atomic E-state index is 13.1. The summed E-state index contributed by atoms with van der Waals surface area (Å²) in [5, 5.41) is 1.01. The van der Waals surface area contributed by atoms with Crippen molar-refractivity contribution in [1.82, 2.24) is 4.90 Å². The van der Waals surface area contributed by atoms with Crippen LogP contribution in [0.1, 0.15) is 6.42 Å². The first kappa shape index (κ1) is 19.7. The Hall–Kier alpha value is -2.05. The van der Waals surface area contributed by atoms with Gasteiger partial charge in [-0.15, -0.1) is 0 Å². The number of hydrogen-bond acceptors (Lipinski definition) is 3. The van der Waals surface area contributed by atoms with Crippen LogP contribution in [0.3, 0.4) is 0 Å². The number of piperazine rings is 1. The highest BCUT2D eigenvalue weighted by Crippen LogP contribution is 2.32. The first-order valence-electron chi connectivity index (χ1n) is 8.50. The molecule has 2 aromatic carbocycles. The van der Waals surface area contributed by atoms with Gasteiger partial charge < -0.3 is 14.5 Å². The molecule has 2 aromatic rings. The summed E-state index contributed by atoms with van der Waals surface area (Å²) in [5.74, 6) is -1.76. The summed E-state index contributed by atoms with van der Waals surface area (Å²) < 4.78 is 31.3. The molecule has 1 heterocycles. The lowest BCUT2D eigenvalue weighted by Crippen LogP contribution is -2.49. The summed E-state index contributed by atoms with van der Waals surface area (Å²) in [4.78, 5) is 16.2. The largest absolute Gasteiger partial charge is 0.493 e. The number of rotatable bonds is 5. The minimum Gasteiger partial charge on any atom is -0.493 e. The fraction of sp³-hybridized carbons (Fsp3) is 0.316. The van der Waals surface area contributed by atoms with Gasteiger partial charge in [-0.05, 0) is 24.3 Å². The zero-order valence-corrected chi connectivity index (χ0v) is 15.9. The van der Waals surface area contributed by atoms with Crippen molar-refractivity contribution >= 4 is 34.8 Å². The Morgan fingerprint density at radius 1 is 1.04 bits per heavy atom. The molecular formula is C19H18Cl2F2N2O2. The first-order valence-corrected chi connectivity index (χ1v) is 9.26. The molecule has 0 bridgehead atoms. The summed E-state index contributed by atoms with van der Waals surface area (Å²) in [7, 11) is 0. The fourth-order valence-electron chi connectivity index (χ4n) is 2.91. The lowest BCUT2D eigenvalue weighted by atomic mass is 10.2. The second-order valence-corrected chi connectivity index (χ2v) is 6.90. The highest BCUT2D eigenvalue weighted by Gasteiger charge is 2.22. The molecule has 1 saturated heterocycles. The number of hydrogen-bond donors (Lipinski definition) is 0. The zero-order chi connectivity index (χ0) is 19.4. The van der Waals surface area contributed by atoms with Crippen LogP contribution in [0.5, 0.6) is 5.75 Å². The highest BCUT2D eigenvalue weighted by atomic mass is 35.5. The number of halogens is 4. The molecule has 1 aliphatic rings. The van der Waals surface area contributed by atoms with Crippen molar-refractivity contribution in [3.05, 3.63) is 58.1 Å². The molecule has 1 amide bonds. The number of nitrogens with zero attached hydrogens (tertiary/aromatic N) is 2. The summed E-state index contributed by atoms with van der Waals surface area (Å²) >= 11 is 12.3. The molecule has 0 atom stereocenters. The van der Waals surface area contributed by atoms with Gasteiger partial charge in [0.1, 0.15) is 5.75 Å². The summed E-state index contributed by atoms with van der Waals surface area (Å²) in [6.07, 6.45) is 0.164. The van der Waals surface area contributed by atoms with Gasteiger partial charge in [-0.25, -0.2) is 8.78 Å². The SMILES string of the molecule is O=C(CCOc1ccc(F)c(F)c1)N1CCN(c2cccc(Cl)c2Cl)CC1. The van der Waals surface area contributed by atoms with Crippen LogP contribution in [-0.4, -0.2) is 43.6 Å². The van der Waals surface area contributed by atoms with Gasteiger partial charge in [0.15, 0.2) is 11.6 Å². The van der Waals surface area contributed by atoms with Crippen molar-refractivity contribution in [3.8, 4) is 5.75 Å². The smallest absolute Gasteiger partial charge is 0.226 e. The zero-order valence-electron chi connectivity index (χ0n) is 14.4. The Labute approximate surface area is 166 Å². The van der Waals surface area contributed by atoms with E-state index in [-0.39, 0.29) is 24.7 Å². The van der Waals surface area contributed by atoms with Crippen molar-refractivity contribution in [1.29, 1.82) is 0 Å². The van der Waals surface area contributed by atoms with E-state index in [4.69, 9.17) is 27.9 Å². The summed E-state index contributed by atoms with van der Waals surface area (Å²) in [6, 6.07) is 8.77. The Morgan fingerprint density at radius 2 is 1.78 bits per heavy atom. The molecule has 4 nitrogen and oxygen atoms in total. The molecule has 0 saturated carbocycles. The van der Waals surface area contributed by atoms with E-state index in [9.17, 15) is 13.6 Å². The van der Waals surface area contributed by atoms with Crippen molar-refractivity contribution in [2.24, 2.45) is 0 Å². The molecule has 8 heteroatoms. The molecule has 144 valence electrons. The van der Waals surface area contributed by atoms with E-state index in [0.29, 0.717) is 36.2 Å². The Morgan fingerprint density at radius 3 is 2.48 bits per heavy atom. The van der Waals surface area contributed by atoms with Crippen molar-refractivity contribution in [2.45, 2.75) is 6.42 Å². The average molecular weight is 415 g/mol. The molecule has 0 unspecified atom stereocenters. The van der Waals surface area contributed by atoms with Crippen molar-refractivity contribution in [3.63, 3.8) is 0 Å². The van der Waals surface area contributed by atoms with Crippen LogP contribution in [0.15, 0.2) is 36.4 Å². The van der Waals surface area contributed by atoms with Gasteiger partial charge in [-0.3, -0.25) is 4.79 Å². The van der Waals surface area contributed by atoms with Gasteiger partial charge in [0.25, 0.3) is 0 Å². The Balaban J connectivity index is 1.47. The first-order chi connectivity index (χ1) is 13.0. The number of carbonyl (C=O) groups is 1. The van der Waals surface area contributed by atoms with Gasteiger partial charge in [0.2, 0.25) is 5.91 Å². The van der Waals surface area contributed by atoms with Crippen LogP contribution < -0.4 is 9.64 Å². The maximum absolute atomic E-state index is 13.1. The summed E-state index contributed by atoms with van der Waals surface area (Å²) in [5.41, 5.74) is 0.859. The van der Waals surface area contributed by atoms with Crippen LogP contribution in [0.25, 0.3) is 0 Å². The molecule has 27 heavy (non-hydrogen) atoms. The van der Waals surface area contributed by atoms with Crippen molar-refractivity contribution in [2.75, 3.05) is 37.7 Å². The van der Waals surface area contributed by atoms with Crippen LogP contribution >= 0.6 is 23.2 Å². The van der Waals surface area contributed by atoms with Crippen LogP contribution in [-0.2, 0) is 4.79 Å². The molecular weight excluding hydrogens is 397 g/mol. The maximum Gasteiger partial charge on any atom is 0.226 e. The molecule has 0 spiro atoms. The Kier molecular flexibility index (Phi) is 6.39. The van der Waals surface area contributed by atoms with E-state index in [0.717, 1.165) is 17.8 Å². The van der Waals surface area contributed by atoms with E-state index in [1.807, 2.05) is 12.1 Å². The minimum absolute atomic E-state index is 0.0468. The third kappa shape index (κ3) is 4.82. The predicted octanol–water partition coefficient (Wildman–Crippen LogP) is 4.39. The third-order valence-electron chi connectivity index (χ3n) is 4.38. The van der Waals surface area contributed by atoms with E-state index < -0.39 is 11.6 Å².